The standard InChI is InChI=1S/C8H7BBrNO2S/c10-5-3-6(11)8-4(1-2-14-8)7(5)9(12)13/h1-3,12-13H,11H2. The van der Waals surface area contributed by atoms with Gasteiger partial charge in [-0.15, -0.1) is 11.3 Å². The molecule has 4 N–H and O–H groups in total. The van der Waals surface area contributed by atoms with Crippen molar-refractivity contribution in [3.63, 3.8) is 0 Å². The summed E-state index contributed by atoms with van der Waals surface area (Å²) in [4.78, 5) is 0. The molecule has 2 rings (SSSR count). The van der Waals surface area contributed by atoms with Crippen LogP contribution in [0.15, 0.2) is 22.0 Å². The van der Waals surface area contributed by atoms with Crippen LogP contribution in [0.3, 0.4) is 0 Å². The highest BCUT2D eigenvalue weighted by molar-refractivity contribution is 9.10. The number of thiophene rings is 1. The van der Waals surface area contributed by atoms with Crippen molar-refractivity contribution in [3.05, 3.63) is 22.0 Å². The number of nitrogen functional groups attached to an aromatic ring is 1. The van der Waals surface area contributed by atoms with Gasteiger partial charge >= 0.3 is 7.12 Å². The molecule has 0 amide bonds. The van der Waals surface area contributed by atoms with E-state index in [9.17, 15) is 10.0 Å². The summed E-state index contributed by atoms with van der Waals surface area (Å²) in [6.07, 6.45) is 0. The second-order valence-electron chi connectivity index (χ2n) is 2.90. The number of halogens is 1. The van der Waals surface area contributed by atoms with Crippen molar-refractivity contribution < 1.29 is 10.0 Å². The predicted octanol–water partition coefficient (Wildman–Crippen LogP) is 0.926. The predicted molar refractivity (Wildman–Crippen MR) is 63.8 cm³/mol. The topological polar surface area (TPSA) is 66.5 Å². The summed E-state index contributed by atoms with van der Waals surface area (Å²) in [5, 5.41) is 21.1. The Labute approximate surface area is 93.4 Å². The number of anilines is 1. The maximum absolute atomic E-state index is 9.20. The molecule has 3 nitrogen and oxygen atoms in total. The zero-order chi connectivity index (χ0) is 10.3. The summed E-state index contributed by atoms with van der Waals surface area (Å²) < 4.78 is 1.51. The van der Waals surface area contributed by atoms with Crippen LogP contribution in [0.1, 0.15) is 0 Å². The smallest absolute Gasteiger partial charge is 0.423 e. The van der Waals surface area contributed by atoms with Crippen molar-refractivity contribution >= 4 is 55.6 Å². The second-order valence-corrected chi connectivity index (χ2v) is 4.67. The van der Waals surface area contributed by atoms with E-state index in [0.717, 1.165) is 10.1 Å². The van der Waals surface area contributed by atoms with Crippen LogP contribution in [0.4, 0.5) is 5.69 Å². The van der Waals surface area contributed by atoms with E-state index < -0.39 is 7.12 Å². The fourth-order valence-electron chi connectivity index (χ4n) is 1.42. The molecular formula is C8H7BBrNO2S. The molecule has 0 radical (unpaired) electrons. The number of hydrogen-bond acceptors (Lipinski definition) is 4. The Hall–Kier alpha value is -0.555. The van der Waals surface area contributed by atoms with Gasteiger partial charge in [-0.05, 0) is 22.9 Å². The third-order valence-electron chi connectivity index (χ3n) is 2.02. The fourth-order valence-corrected chi connectivity index (χ4v) is 2.92. The van der Waals surface area contributed by atoms with Gasteiger partial charge in [0.25, 0.3) is 0 Å². The maximum atomic E-state index is 9.20. The number of rotatable bonds is 1. The summed E-state index contributed by atoms with van der Waals surface area (Å²) >= 11 is 4.74. The van der Waals surface area contributed by atoms with Gasteiger partial charge in [-0.3, -0.25) is 0 Å². The summed E-state index contributed by atoms with van der Waals surface area (Å²) in [6, 6.07) is 3.52. The average molecular weight is 272 g/mol. The molecule has 0 fully saturated rings. The van der Waals surface area contributed by atoms with Crippen LogP contribution in [0.2, 0.25) is 0 Å². The SMILES string of the molecule is Nc1cc(Br)c(B(O)O)c2ccsc12. The minimum Gasteiger partial charge on any atom is -0.423 e. The Balaban J connectivity index is 2.86. The van der Waals surface area contributed by atoms with Gasteiger partial charge in [0.15, 0.2) is 0 Å². The Bertz CT molecular complexity index is 485. The van der Waals surface area contributed by atoms with E-state index in [1.165, 1.54) is 11.3 Å². The molecule has 1 heterocycles. The van der Waals surface area contributed by atoms with E-state index in [0.29, 0.717) is 15.6 Å². The minimum absolute atomic E-state index is 0.468. The molecule has 0 saturated carbocycles. The fraction of sp³-hybridized carbons (Fsp3) is 0. The van der Waals surface area contributed by atoms with Crippen LogP contribution in [0, 0.1) is 0 Å². The first kappa shape index (κ1) is 9.98. The zero-order valence-electron chi connectivity index (χ0n) is 7.07. The van der Waals surface area contributed by atoms with Gasteiger partial charge in [-0.1, -0.05) is 15.9 Å². The Morgan fingerprint density at radius 1 is 1.43 bits per heavy atom. The molecule has 6 heteroatoms. The van der Waals surface area contributed by atoms with Crippen molar-refractivity contribution in [3.8, 4) is 0 Å². The molecular weight excluding hydrogens is 265 g/mol. The van der Waals surface area contributed by atoms with E-state index in [1.54, 1.807) is 6.07 Å². The van der Waals surface area contributed by atoms with Gasteiger partial charge in [0.1, 0.15) is 0 Å². The average Bonchev–Trinajstić information content (AvgIpc) is 2.51. The van der Waals surface area contributed by atoms with E-state index >= 15 is 0 Å². The molecule has 1 aromatic carbocycles. The van der Waals surface area contributed by atoms with E-state index in [-0.39, 0.29) is 0 Å². The summed E-state index contributed by atoms with van der Waals surface area (Å²) in [6.45, 7) is 0. The van der Waals surface area contributed by atoms with Crippen LogP contribution in [-0.4, -0.2) is 17.2 Å². The lowest BCUT2D eigenvalue weighted by Crippen LogP contribution is -2.31. The molecule has 0 aliphatic heterocycles. The van der Waals surface area contributed by atoms with Gasteiger partial charge in [-0.25, -0.2) is 0 Å². The molecule has 1 aromatic heterocycles. The first-order chi connectivity index (χ1) is 6.61. The van der Waals surface area contributed by atoms with Gasteiger partial charge in [-0.2, -0.15) is 0 Å². The lowest BCUT2D eigenvalue weighted by molar-refractivity contribution is 0.426. The first-order valence-corrected chi connectivity index (χ1v) is 5.59. The number of benzene rings is 1. The van der Waals surface area contributed by atoms with Crippen molar-refractivity contribution in [2.75, 3.05) is 5.73 Å². The molecule has 0 spiro atoms. The third-order valence-corrected chi connectivity index (χ3v) is 3.63. The highest BCUT2D eigenvalue weighted by atomic mass is 79.9. The van der Waals surface area contributed by atoms with Gasteiger partial charge in [0.2, 0.25) is 0 Å². The molecule has 72 valence electrons. The number of hydrogen-bond donors (Lipinski definition) is 3. The van der Waals surface area contributed by atoms with Crippen molar-refractivity contribution in [1.82, 2.24) is 0 Å². The van der Waals surface area contributed by atoms with Crippen molar-refractivity contribution in [2.45, 2.75) is 0 Å². The molecule has 0 bridgehead atoms. The third kappa shape index (κ3) is 1.44. The largest absolute Gasteiger partial charge is 0.490 e. The number of fused-ring (bicyclic) bond motifs is 1. The molecule has 0 saturated heterocycles. The second kappa shape index (κ2) is 3.54. The van der Waals surface area contributed by atoms with E-state index in [4.69, 9.17) is 5.73 Å². The van der Waals surface area contributed by atoms with Crippen LogP contribution < -0.4 is 11.2 Å². The van der Waals surface area contributed by atoms with Crippen molar-refractivity contribution in [1.29, 1.82) is 0 Å². The number of nitrogens with two attached hydrogens (primary N) is 1. The molecule has 0 aliphatic rings. The molecule has 2 aromatic rings. The molecule has 0 atom stereocenters. The molecule has 0 aliphatic carbocycles. The van der Waals surface area contributed by atoms with Crippen LogP contribution >= 0.6 is 27.3 Å². The van der Waals surface area contributed by atoms with Crippen LogP contribution in [0.25, 0.3) is 10.1 Å². The van der Waals surface area contributed by atoms with Crippen molar-refractivity contribution in [2.24, 2.45) is 0 Å². The first-order valence-electron chi connectivity index (χ1n) is 3.92. The van der Waals surface area contributed by atoms with Crippen LogP contribution in [0.5, 0.6) is 0 Å². The van der Waals surface area contributed by atoms with Gasteiger partial charge in [0.05, 0.1) is 10.4 Å². The summed E-state index contributed by atoms with van der Waals surface area (Å²) in [5.41, 5.74) is 6.90. The van der Waals surface area contributed by atoms with Gasteiger partial charge in [0, 0.05) is 9.94 Å². The quantitative estimate of drug-likeness (QED) is 0.534. The monoisotopic (exact) mass is 271 g/mol. The highest BCUT2D eigenvalue weighted by Gasteiger charge is 2.20. The van der Waals surface area contributed by atoms with Crippen LogP contribution in [-0.2, 0) is 0 Å². The highest BCUT2D eigenvalue weighted by Crippen LogP contribution is 2.29. The molecule has 0 unspecified atom stereocenters. The lowest BCUT2D eigenvalue weighted by atomic mass is 9.78. The Kier molecular flexibility index (Phi) is 2.53. The van der Waals surface area contributed by atoms with Gasteiger partial charge < -0.3 is 15.8 Å². The van der Waals surface area contributed by atoms with E-state index in [2.05, 4.69) is 15.9 Å². The maximum Gasteiger partial charge on any atom is 0.490 e. The lowest BCUT2D eigenvalue weighted by Gasteiger charge is -2.06. The summed E-state index contributed by atoms with van der Waals surface area (Å²) in [5.74, 6) is 0. The Morgan fingerprint density at radius 2 is 2.14 bits per heavy atom. The van der Waals surface area contributed by atoms with E-state index in [1.807, 2.05) is 11.4 Å². The minimum atomic E-state index is -1.48. The normalized spacial score (nSPS) is 10.8. The zero-order valence-corrected chi connectivity index (χ0v) is 9.47. The summed E-state index contributed by atoms with van der Waals surface area (Å²) in [7, 11) is -1.48. The molecule has 14 heavy (non-hydrogen) atoms. The Morgan fingerprint density at radius 3 is 2.79 bits per heavy atom.